The van der Waals surface area contributed by atoms with Gasteiger partial charge in [-0.05, 0) is 12.1 Å². The van der Waals surface area contributed by atoms with Crippen LogP contribution < -0.4 is 0 Å². The summed E-state index contributed by atoms with van der Waals surface area (Å²) in [5.41, 5.74) is 2.18. The van der Waals surface area contributed by atoms with Gasteiger partial charge in [-0.15, -0.1) is 11.3 Å². The van der Waals surface area contributed by atoms with E-state index >= 15 is 0 Å². The molecule has 0 unspecified atom stereocenters. The highest BCUT2D eigenvalue weighted by molar-refractivity contribution is 7.98. The topological polar surface area (TPSA) is 43.9 Å². The van der Waals surface area contributed by atoms with Gasteiger partial charge in [0, 0.05) is 41.4 Å². The molecule has 0 atom stereocenters. The van der Waals surface area contributed by atoms with Crippen molar-refractivity contribution in [3.05, 3.63) is 48.1 Å². The maximum Gasteiger partial charge on any atom is 0.126 e. The number of thiazole rings is 1. The molecule has 6 heteroatoms. The number of rotatable bonds is 6. The zero-order valence-electron chi connectivity index (χ0n) is 10.2. The van der Waals surface area contributed by atoms with Crippen LogP contribution in [-0.2, 0) is 12.3 Å². The van der Waals surface area contributed by atoms with E-state index in [-0.39, 0.29) is 0 Å². The number of aromatic nitrogens is 3. The van der Waals surface area contributed by atoms with Crippen LogP contribution in [0.15, 0.2) is 46.8 Å². The van der Waals surface area contributed by atoms with Crippen LogP contribution in [0, 0.1) is 0 Å². The van der Waals surface area contributed by atoms with Gasteiger partial charge in [-0.2, -0.15) is 16.9 Å². The molecule has 3 heterocycles. The molecule has 0 spiro atoms. The summed E-state index contributed by atoms with van der Waals surface area (Å²) in [6.45, 7) is 0.941. The second-order valence-corrected chi connectivity index (χ2v) is 5.94. The minimum Gasteiger partial charge on any atom is -0.472 e. The van der Waals surface area contributed by atoms with Gasteiger partial charge in [0.05, 0.1) is 12.0 Å². The van der Waals surface area contributed by atoms with Crippen LogP contribution >= 0.6 is 23.1 Å². The van der Waals surface area contributed by atoms with E-state index in [0.29, 0.717) is 0 Å². The summed E-state index contributed by atoms with van der Waals surface area (Å²) in [6.07, 6.45) is 7.20. The Morgan fingerprint density at radius 3 is 3.21 bits per heavy atom. The summed E-state index contributed by atoms with van der Waals surface area (Å²) in [4.78, 5) is 4.60. The van der Waals surface area contributed by atoms with Gasteiger partial charge >= 0.3 is 0 Å². The molecule has 3 aromatic rings. The molecule has 4 nitrogen and oxygen atoms in total. The quantitative estimate of drug-likeness (QED) is 0.652. The molecule has 0 aliphatic heterocycles. The van der Waals surface area contributed by atoms with Crippen LogP contribution in [0.25, 0.3) is 10.6 Å². The third-order valence-corrected chi connectivity index (χ3v) is 4.51. The number of thioether (sulfide) groups is 1. The summed E-state index contributed by atoms with van der Waals surface area (Å²) in [7, 11) is 0. The highest BCUT2D eigenvalue weighted by Crippen LogP contribution is 2.25. The lowest BCUT2D eigenvalue weighted by Crippen LogP contribution is -2.00. The third kappa shape index (κ3) is 3.27. The summed E-state index contributed by atoms with van der Waals surface area (Å²) < 4.78 is 7.02. The SMILES string of the molecule is c1cnn(CCSCc2csc(-c3ccoc3)n2)c1. The highest BCUT2D eigenvalue weighted by atomic mass is 32.2. The lowest BCUT2D eigenvalue weighted by Gasteiger charge is -2.00. The monoisotopic (exact) mass is 291 g/mol. The molecule has 0 fully saturated rings. The lowest BCUT2D eigenvalue weighted by atomic mass is 10.4. The molecule has 0 bridgehead atoms. The van der Waals surface area contributed by atoms with Crippen LogP contribution in [-0.4, -0.2) is 20.5 Å². The number of furan rings is 1. The van der Waals surface area contributed by atoms with Crippen molar-refractivity contribution in [1.29, 1.82) is 0 Å². The summed E-state index contributed by atoms with van der Waals surface area (Å²) >= 11 is 3.54. The van der Waals surface area contributed by atoms with Gasteiger partial charge in [-0.25, -0.2) is 4.98 Å². The summed E-state index contributed by atoms with van der Waals surface area (Å²) in [5.74, 6) is 1.98. The van der Waals surface area contributed by atoms with Crippen molar-refractivity contribution >= 4 is 23.1 Å². The summed E-state index contributed by atoms with van der Waals surface area (Å²) in [6, 6.07) is 3.88. The number of aryl methyl sites for hydroxylation is 1. The Kier molecular flexibility index (Phi) is 4.00. The molecule has 0 aromatic carbocycles. The van der Waals surface area contributed by atoms with E-state index in [9.17, 15) is 0 Å². The van der Waals surface area contributed by atoms with Crippen LogP contribution in [0.4, 0.5) is 0 Å². The first-order valence-electron chi connectivity index (χ1n) is 5.94. The van der Waals surface area contributed by atoms with E-state index in [1.165, 1.54) is 0 Å². The van der Waals surface area contributed by atoms with E-state index < -0.39 is 0 Å². The Morgan fingerprint density at radius 1 is 1.42 bits per heavy atom. The maximum absolute atomic E-state index is 5.07. The Hall–Kier alpha value is -1.53. The summed E-state index contributed by atoms with van der Waals surface area (Å²) in [5, 5.41) is 7.32. The van der Waals surface area contributed by atoms with Gasteiger partial charge in [0.2, 0.25) is 0 Å². The maximum atomic E-state index is 5.07. The minimum absolute atomic E-state index is 0.940. The van der Waals surface area contributed by atoms with Gasteiger partial charge in [-0.3, -0.25) is 4.68 Å². The first-order chi connectivity index (χ1) is 9.42. The third-order valence-electron chi connectivity index (χ3n) is 2.59. The van der Waals surface area contributed by atoms with Crippen molar-refractivity contribution in [1.82, 2.24) is 14.8 Å². The van der Waals surface area contributed by atoms with Crippen molar-refractivity contribution in [3.8, 4) is 10.6 Å². The zero-order valence-corrected chi connectivity index (χ0v) is 11.9. The van der Waals surface area contributed by atoms with Crippen LogP contribution in [0.2, 0.25) is 0 Å². The fourth-order valence-electron chi connectivity index (χ4n) is 1.66. The molecule has 0 amide bonds. The normalized spacial score (nSPS) is 10.9. The minimum atomic E-state index is 0.940. The highest BCUT2D eigenvalue weighted by Gasteiger charge is 2.05. The van der Waals surface area contributed by atoms with Gasteiger partial charge in [0.1, 0.15) is 11.3 Å². The molecular formula is C13H13N3OS2. The number of nitrogens with zero attached hydrogens (tertiary/aromatic N) is 3. The molecule has 0 radical (unpaired) electrons. The van der Waals surface area contributed by atoms with Crippen LogP contribution in [0.3, 0.4) is 0 Å². The van der Waals surface area contributed by atoms with Crippen molar-refractivity contribution in [3.63, 3.8) is 0 Å². The van der Waals surface area contributed by atoms with Gasteiger partial charge in [0.25, 0.3) is 0 Å². The van der Waals surface area contributed by atoms with Crippen molar-refractivity contribution in [2.45, 2.75) is 12.3 Å². The number of hydrogen-bond acceptors (Lipinski definition) is 5. The molecule has 3 rings (SSSR count). The largest absolute Gasteiger partial charge is 0.472 e. The fraction of sp³-hybridized carbons (Fsp3) is 0.231. The van der Waals surface area contributed by atoms with E-state index in [2.05, 4.69) is 15.5 Å². The Bertz CT molecular complexity index is 602. The predicted octanol–water partition coefficient (Wildman–Crippen LogP) is 3.53. The Balaban J connectivity index is 1.48. The molecule has 98 valence electrons. The van der Waals surface area contributed by atoms with Gasteiger partial charge < -0.3 is 4.42 Å². The van der Waals surface area contributed by atoms with E-state index in [1.807, 2.05) is 41.0 Å². The Morgan fingerprint density at radius 2 is 2.42 bits per heavy atom. The van der Waals surface area contributed by atoms with E-state index in [4.69, 9.17) is 4.42 Å². The molecule has 0 aliphatic carbocycles. The second-order valence-electron chi connectivity index (χ2n) is 3.98. The molecule has 19 heavy (non-hydrogen) atoms. The average molecular weight is 291 g/mol. The smallest absolute Gasteiger partial charge is 0.126 e. The van der Waals surface area contributed by atoms with Crippen molar-refractivity contribution in [2.24, 2.45) is 0 Å². The standard InChI is InChI=1S/C13H13N3OS2/c1-3-14-16(4-1)5-7-18-9-12-10-19-13(15-12)11-2-6-17-8-11/h1-4,6,8,10H,5,7,9H2. The molecule has 0 N–H and O–H groups in total. The average Bonchev–Trinajstić information content (AvgIpc) is 3.15. The van der Waals surface area contributed by atoms with Crippen molar-refractivity contribution < 1.29 is 4.42 Å². The number of hydrogen-bond donors (Lipinski definition) is 0. The first kappa shape index (κ1) is 12.5. The fourth-order valence-corrected chi connectivity index (χ4v) is 3.39. The molecule has 3 aromatic heterocycles. The van der Waals surface area contributed by atoms with Gasteiger partial charge in [-0.1, -0.05) is 0 Å². The molecule has 0 aliphatic rings. The lowest BCUT2D eigenvalue weighted by molar-refractivity contribution is 0.568. The zero-order chi connectivity index (χ0) is 12.9. The molecule has 0 saturated heterocycles. The van der Waals surface area contributed by atoms with E-state index in [1.54, 1.807) is 23.9 Å². The Labute approximate surface area is 119 Å². The second kappa shape index (κ2) is 6.08. The molecular weight excluding hydrogens is 278 g/mol. The van der Waals surface area contributed by atoms with Gasteiger partial charge in [0.15, 0.2) is 0 Å². The predicted molar refractivity (Wildman–Crippen MR) is 78.2 cm³/mol. The molecule has 0 saturated carbocycles. The first-order valence-corrected chi connectivity index (χ1v) is 7.97. The van der Waals surface area contributed by atoms with Crippen LogP contribution in [0.1, 0.15) is 5.69 Å². The van der Waals surface area contributed by atoms with Crippen molar-refractivity contribution in [2.75, 3.05) is 5.75 Å². The van der Waals surface area contributed by atoms with Crippen LogP contribution in [0.5, 0.6) is 0 Å². The van der Waals surface area contributed by atoms with E-state index in [0.717, 1.165) is 34.3 Å².